The first-order valence-corrected chi connectivity index (χ1v) is 10.1. The summed E-state index contributed by atoms with van der Waals surface area (Å²) in [5, 5.41) is 31.9. The predicted octanol–water partition coefficient (Wildman–Crippen LogP) is 4.79. The topological polar surface area (TPSA) is 132 Å². The summed E-state index contributed by atoms with van der Waals surface area (Å²) in [5.74, 6) is -0.637. The van der Waals surface area contributed by atoms with Gasteiger partial charge in [0.05, 0.1) is 11.6 Å². The second-order valence-electron chi connectivity index (χ2n) is 7.95. The Labute approximate surface area is 190 Å². The fraction of sp³-hybridized carbons (Fsp3) is 0.160. The molecule has 0 aromatic heterocycles. The summed E-state index contributed by atoms with van der Waals surface area (Å²) >= 11 is 0. The molecule has 3 aromatic carbocycles. The first-order valence-electron chi connectivity index (χ1n) is 10.1. The highest BCUT2D eigenvalue weighted by atomic mass is 16.6. The van der Waals surface area contributed by atoms with Gasteiger partial charge in [0.15, 0.2) is 0 Å². The van der Waals surface area contributed by atoms with Crippen molar-refractivity contribution in [2.24, 2.45) is 5.41 Å². The van der Waals surface area contributed by atoms with Crippen molar-refractivity contribution in [1.82, 2.24) is 5.48 Å². The summed E-state index contributed by atoms with van der Waals surface area (Å²) in [5.41, 5.74) is 2.16. The average Bonchev–Trinajstić information content (AvgIpc) is 2.82. The van der Waals surface area contributed by atoms with Crippen molar-refractivity contribution in [2.45, 2.75) is 20.0 Å². The van der Waals surface area contributed by atoms with Crippen LogP contribution in [0.1, 0.15) is 31.1 Å². The van der Waals surface area contributed by atoms with Crippen LogP contribution in [0.5, 0.6) is 5.75 Å². The number of phenols is 1. The number of carbonyl (C=O) groups is 2. The van der Waals surface area contributed by atoms with Crippen LogP contribution in [0.15, 0.2) is 72.8 Å². The van der Waals surface area contributed by atoms with Gasteiger partial charge in [0.25, 0.3) is 5.91 Å². The van der Waals surface area contributed by atoms with Gasteiger partial charge in [-0.1, -0.05) is 50.3 Å². The Hall–Kier alpha value is -4.35. The van der Waals surface area contributed by atoms with E-state index < -0.39 is 23.5 Å². The van der Waals surface area contributed by atoms with Crippen LogP contribution in [0.3, 0.4) is 0 Å². The van der Waals surface area contributed by atoms with E-state index in [1.54, 1.807) is 68.4 Å². The summed E-state index contributed by atoms with van der Waals surface area (Å²) in [6.45, 7) is 3.55. The highest BCUT2D eigenvalue weighted by Crippen LogP contribution is 2.42. The van der Waals surface area contributed by atoms with E-state index in [0.717, 1.165) is 6.08 Å². The molecule has 0 fully saturated rings. The van der Waals surface area contributed by atoms with Gasteiger partial charge >= 0.3 is 6.09 Å². The lowest BCUT2D eigenvalue weighted by Gasteiger charge is -2.32. The van der Waals surface area contributed by atoms with Gasteiger partial charge in [-0.3, -0.25) is 15.3 Å². The predicted molar refractivity (Wildman–Crippen MR) is 122 cm³/mol. The molecule has 3 rings (SSSR count). The molecule has 0 aliphatic carbocycles. The fourth-order valence-corrected chi connectivity index (χ4v) is 3.45. The Morgan fingerprint density at radius 2 is 1.73 bits per heavy atom. The molecule has 168 valence electrons. The molecule has 0 spiro atoms. The van der Waals surface area contributed by atoms with E-state index in [9.17, 15) is 14.7 Å². The van der Waals surface area contributed by atoms with Gasteiger partial charge in [-0.05, 0) is 35.7 Å². The van der Waals surface area contributed by atoms with Gasteiger partial charge < -0.3 is 9.84 Å². The smallest absolute Gasteiger partial charge is 0.412 e. The molecule has 4 N–H and O–H groups in total. The molecule has 0 bridgehead atoms. The number of benzene rings is 3. The molecule has 3 aromatic rings. The zero-order valence-electron chi connectivity index (χ0n) is 18.1. The fourth-order valence-electron chi connectivity index (χ4n) is 3.45. The number of nitrogens with one attached hydrogen (secondary N) is 2. The van der Waals surface area contributed by atoms with Crippen LogP contribution in [0.4, 0.5) is 10.5 Å². The molecule has 33 heavy (non-hydrogen) atoms. The van der Waals surface area contributed by atoms with Gasteiger partial charge in [-0.2, -0.15) is 5.26 Å². The van der Waals surface area contributed by atoms with Crippen LogP contribution >= 0.6 is 0 Å². The summed E-state index contributed by atoms with van der Waals surface area (Å²) in [6, 6.07) is 18.7. The molecule has 0 radical (unpaired) electrons. The molecule has 1 atom stereocenters. The third-order valence-electron chi connectivity index (χ3n) is 5.15. The number of ether oxygens (including phenoxy) is 1. The summed E-state index contributed by atoms with van der Waals surface area (Å²) in [4.78, 5) is 24.4. The van der Waals surface area contributed by atoms with Gasteiger partial charge in [0, 0.05) is 28.1 Å². The van der Waals surface area contributed by atoms with E-state index >= 15 is 0 Å². The van der Waals surface area contributed by atoms with Gasteiger partial charge in [0.2, 0.25) is 0 Å². The first kappa shape index (κ1) is 23.3. The number of hydrogen-bond donors (Lipinski definition) is 4. The molecule has 0 saturated carbocycles. The maximum Gasteiger partial charge on any atom is 0.412 e. The number of nitriles is 1. The van der Waals surface area contributed by atoms with Crippen molar-refractivity contribution in [3.8, 4) is 11.8 Å². The number of aromatic hydroxyl groups is 1. The van der Waals surface area contributed by atoms with Crippen molar-refractivity contribution >= 4 is 28.5 Å². The van der Waals surface area contributed by atoms with Crippen LogP contribution in [-0.4, -0.2) is 22.3 Å². The number of hydroxylamine groups is 1. The summed E-state index contributed by atoms with van der Waals surface area (Å²) < 4.78 is 5.83. The number of carbonyl (C=O) groups excluding carboxylic acids is 2. The maximum absolute atomic E-state index is 12.8. The molecule has 8 heteroatoms. The van der Waals surface area contributed by atoms with Crippen molar-refractivity contribution < 1.29 is 24.6 Å². The number of rotatable bonds is 6. The quantitative estimate of drug-likeness (QED) is 0.245. The summed E-state index contributed by atoms with van der Waals surface area (Å²) in [7, 11) is 0. The Morgan fingerprint density at radius 3 is 2.36 bits per heavy atom. The Balaban J connectivity index is 2.00. The molecule has 0 unspecified atom stereocenters. The van der Waals surface area contributed by atoms with Crippen LogP contribution in [0, 0.1) is 16.7 Å². The SMILES string of the molecule is CC(C)(/C=C/C(=O)NO)[C@H](OC(=O)Nc1ccc(C#N)cc1)c1ccc(O)c2ccccc12. The number of hydrogen-bond acceptors (Lipinski definition) is 6. The van der Waals surface area contributed by atoms with E-state index in [2.05, 4.69) is 5.32 Å². The molecule has 8 nitrogen and oxygen atoms in total. The number of fused-ring (bicyclic) bond motifs is 1. The van der Waals surface area contributed by atoms with Crippen molar-refractivity contribution in [2.75, 3.05) is 5.32 Å². The van der Waals surface area contributed by atoms with Gasteiger partial charge in [0.1, 0.15) is 11.9 Å². The van der Waals surface area contributed by atoms with Gasteiger partial charge in [-0.25, -0.2) is 10.3 Å². The average molecular weight is 445 g/mol. The lowest BCUT2D eigenvalue weighted by Crippen LogP contribution is -2.28. The van der Waals surface area contributed by atoms with Crippen molar-refractivity contribution in [3.05, 3.63) is 83.9 Å². The van der Waals surface area contributed by atoms with Crippen molar-refractivity contribution in [3.63, 3.8) is 0 Å². The lowest BCUT2D eigenvalue weighted by atomic mass is 9.80. The number of phenolic OH excluding ortho intramolecular Hbond substituents is 1. The Morgan fingerprint density at radius 1 is 1.06 bits per heavy atom. The molecule has 2 amide bonds. The minimum Gasteiger partial charge on any atom is -0.507 e. The van der Waals surface area contributed by atoms with Crippen LogP contribution in [0.2, 0.25) is 0 Å². The summed E-state index contributed by atoms with van der Waals surface area (Å²) in [6.07, 6.45) is 1.07. The van der Waals surface area contributed by atoms with E-state index in [0.29, 0.717) is 27.6 Å². The zero-order valence-corrected chi connectivity index (χ0v) is 18.1. The lowest BCUT2D eigenvalue weighted by molar-refractivity contribution is -0.124. The second kappa shape index (κ2) is 9.85. The van der Waals surface area contributed by atoms with Crippen LogP contribution in [0.25, 0.3) is 10.8 Å². The molecular formula is C25H23N3O5. The van der Waals surface area contributed by atoms with E-state index in [1.165, 1.54) is 17.6 Å². The van der Waals surface area contributed by atoms with E-state index in [1.807, 2.05) is 6.07 Å². The van der Waals surface area contributed by atoms with Gasteiger partial charge in [-0.15, -0.1) is 0 Å². The monoisotopic (exact) mass is 445 g/mol. The third-order valence-corrected chi connectivity index (χ3v) is 5.15. The minimum absolute atomic E-state index is 0.0862. The number of anilines is 1. The standard InChI is InChI=1S/C25H23N3O5/c1-25(2,14-13-22(30)28-32)23(20-11-12-21(29)19-6-4-3-5-18(19)20)33-24(31)27-17-9-7-16(15-26)8-10-17/h3-14,23,29,32H,1-2H3,(H,27,31)(H,28,30)/b14-13+/t23-/m1/s1. The maximum atomic E-state index is 12.8. The molecule has 0 saturated heterocycles. The molecular weight excluding hydrogens is 422 g/mol. The molecule has 0 aliphatic rings. The van der Waals surface area contributed by atoms with Crippen molar-refractivity contribution in [1.29, 1.82) is 5.26 Å². The Kier molecular flexibility index (Phi) is 6.96. The second-order valence-corrected chi connectivity index (χ2v) is 7.95. The first-order chi connectivity index (χ1) is 15.7. The van der Waals surface area contributed by atoms with E-state index in [4.69, 9.17) is 15.2 Å². The zero-order chi connectivity index (χ0) is 24.0. The largest absolute Gasteiger partial charge is 0.507 e. The number of nitrogens with zero attached hydrogens (tertiary/aromatic N) is 1. The number of amides is 2. The van der Waals surface area contributed by atoms with Crippen LogP contribution in [-0.2, 0) is 9.53 Å². The third kappa shape index (κ3) is 5.47. The highest BCUT2D eigenvalue weighted by Gasteiger charge is 2.34. The molecule has 0 heterocycles. The normalized spacial score (nSPS) is 12.2. The molecule has 0 aliphatic heterocycles. The minimum atomic E-state index is -0.895. The highest BCUT2D eigenvalue weighted by molar-refractivity contribution is 5.92. The van der Waals surface area contributed by atoms with E-state index in [-0.39, 0.29) is 5.75 Å². The van der Waals surface area contributed by atoms with Crippen LogP contribution < -0.4 is 10.8 Å². The Bertz CT molecular complexity index is 1240.